The molecule has 0 saturated carbocycles. The molecule has 18 heavy (non-hydrogen) atoms. The SMILES string of the molecule is COC1(C)CCNc2c(C)cc(NC(C)C)cc21. The Bertz CT molecular complexity index is 442. The third-order valence-corrected chi connectivity index (χ3v) is 3.71. The van der Waals surface area contributed by atoms with E-state index >= 15 is 0 Å². The van der Waals surface area contributed by atoms with E-state index in [-0.39, 0.29) is 5.60 Å². The van der Waals surface area contributed by atoms with Gasteiger partial charge in [-0.3, -0.25) is 0 Å². The molecule has 3 heteroatoms. The lowest BCUT2D eigenvalue weighted by Crippen LogP contribution is -2.33. The van der Waals surface area contributed by atoms with Gasteiger partial charge >= 0.3 is 0 Å². The molecule has 0 radical (unpaired) electrons. The summed E-state index contributed by atoms with van der Waals surface area (Å²) in [4.78, 5) is 0. The van der Waals surface area contributed by atoms with E-state index in [0.717, 1.165) is 13.0 Å². The lowest BCUT2D eigenvalue weighted by molar-refractivity contribution is -0.00466. The summed E-state index contributed by atoms with van der Waals surface area (Å²) in [5, 5.41) is 6.97. The van der Waals surface area contributed by atoms with Crippen LogP contribution in [0.25, 0.3) is 0 Å². The van der Waals surface area contributed by atoms with Crippen molar-refractivity contribution in [2.75, 3.05) is 24.3 Å². The summed E-state index contributed by atoms with van der Waals surface area (Å²) in [6.07, 6.45) is 1.00. The van der Waals surface area contributed by atoms with Gasteiger partial charge in [0.15, 0.2) is 0 Å². The van der Waals surface area contributed by atoms with Crippen LogP contribution in [0.15, 0.2) is 12.1 Å². The van der Waals surface area contributed by atoms with Crippen molar-refractivity contribution in [2.45, 2.75) is 45.8 Å². The summed E-state index contributed by atoms with van der Waals surface area (Å²) < 4.78 is 5.75. The van der Waals surface area contributed by atoms with Crippen LogP contribution in [0.1, 0.15) is 38.3 Å². The van der Waals surface area contributed by atoms with Crippen molar-refractivity contribution in [3.8, 4) is 0 Å². The quantitative estimate of drug-likeness (QED) is 0.859. The smallest absolute Gasteiger partial charge is 0.0936 e. The van der Waals surface area contributed by atoms with Gasteiger partial charge in [-0.05, 0) is 51.8 Å². The Morgan fingerprint density at radius 1 is 1.39 bits per heavy atom. The molecule has 2 rings (SSSR count). The molecule has 1 aromatic carbocycles. The van der Waals surface area contributed by atoms with Crippen LogP contribution >= 0.6 is 0 Å². The van der Waals surface area contributed by atoms with Gasteiger partial charge in [-0.2, -0.15) is 0 Å². The third-order valence-electron chi connectivity index (χ3n) is 3.71. The lowest BCUT2D eigenvalue weighted by Gasteiger charge is -2.36. The van der Waals surface area contributed by atoms with E-state index in [1.165, 1.54) is 22.5 Å². The number of fused-ring (bicyclic) bond motifs is 1. The lowest BCUT2D eigenvalue weighted by atomic mass is 9.86. The van der Waals surface area contributed by atoms with Crippen molar-refractivity contribution in [2.24, 2.45) is 0 Å². The van der Waals surface area contributed by atoms with Crippen molar-refractivity contribution in [3.05, 3.63) is 23.3 Å². The van der Waals surface area contributed by atoms with Crippen molar-refractivity contribution in [1.82, 2.24) is 0 Å². The summed E-state index contributed by atoms with van der Waals surface area (Å²) in [5.74, 6) is 0. The van der Waals surface area contributed by atoms with Gasteiger partial charge in [0.25, 0.3) is 0 Å². The Balaban J connectivity index is 2.48. The predicted octanol–water partition coefficient (Wildman–Crippen LogP) is 3.49. The highest BCUT2D eigenvalue weighted by atomic mass is 16.5. The van der Waals surface area contributed by atoms with Crippen LogP contribution in [0.5, 0.6) is 0 Å². The van der Waals surface area contributed by atoms with E-state index in [1.807, 2.05) is 0 Å². The minimum Gasteiger partial charge on any atom is -0.384 e. The average Bonchev–Trinajstić information content (AvgIpc) is 2.30. The fourth-order valence-electron chi connectivity index (χ4n) is 2.63. The number of benzene rings is 1. The van der Waals surface area contributed by atoms with E-state index < -0.39 is 0 Å². The normalized spacial score (nSPS) is 22.6. The number of ether oxygens (including phenoxy) is 1. The van der Waals surface area contributed by atoms with Gasteiger partial charge < -0.3 is 15.4 Å². The van der Waals surface area contributed by atoms with Gasteiger partial charge in [-0.25, -0.2) is 0 Å². The molecule has 2 N–H and O–H groups in total. The van der Waals surface area contributed by atoms with Crippen molar-refractivity contribution in [3.63, 3.8) is 0 Å². The summed E-state index contributed by atoms with van der Waals surface area (Å²) in [7, 11) is 1.80. The molecule has 1 aliphatic rings. The molecule has 100 valence electrons. The van der Waals surface area contributed by atoms with Gasteiger partial charge in [0, 0.05) is 36.6 Å². The zero-order valence-corrected chi connectivity index (χ0v) is 12.1. The maximum absolute atomic E-state index is 5.75. The highest BCUT2D eigenvalue weighted by molar-refractivity contribution is 5.67. The molecular weight excluding hydrogens is 224 g/mol. The predicted molar refractivity (Wildman–Crippen MR) is 77.4 cm³/mol. The molecule has 0 bridgehead atoms. The molecule has 1 aromatic rings. The molecular formula is C15H24N2O. The van der Waals surface area contributed by atoms with Crippen LogP contribution in [0.3, 0.4) is 0 Å². The van der Waals surface area contributed by atoms with E-state index in [4.69, 9.17) is 4.74 Å². The molecule has 0 saturated heterocycles. The second kappa shape index (κ2) is 4.81. The molecule has 0 aliphatic carbocycles. The highest BCUT2D eigenvalue weighted by Gasteiger charge is 2.33. The highest BCUT2D eigenvalue weighted by Crippen LogP contribution is 2.40. The number of aryl methyl sites for hydroxylation is 1. The van der Waals surface area contributed by atoms with Crippen LogP contribution in [-0.4, -0.2) is 19.7 Å². The Labute approximate surface area is 110 Å². The summed E-state index contributed by atoms with van der Waals surface area (Å²) in [6, 6.07) is 4.86. The van der Waals surface area contributed by atoms with Crippen molar-refractivity contribution < 1.29 is 4.74 Å². The topological polar surface area (TPSA) is 33.3 Å². The summed E-state index contributed by atoms with van der Waals surface area (Å²) >= 11 is 0. The van der Waals surface area contributed by atoms with Gasteiger partial charge in [-0.1, -0.05) is 0 Å². The van der Waals surface area contributed by atoms with Gasteiger partial charge in [-0.15, -0.1) is 0 Å². The molecule has 1 unspecified atom stereocenters. The van der Waals surface area contributed by atoms with Crippen LogP contribution in [0.4, 0.5) is 11.4 Å². The molecule has 1 aliphatic heterocycles. The fraction of sp³-hybridized carbons (Fsp3) is 0.600. The largest absolute Gasteiger partial charge is 0.384 e. The number of hydrogen-bond donors (Lipinski definition) is 2. The van der Waals surface area contributed by atoms with Crippen LogP contribution < -0.4 is 10.6 Å². The van der Waals surface area contributed by atoms with Crippen LogP contribution in [0.2, 0.25) is 0 Å². The number of nitrogens with one attached hydrogen (secondary N) is 2. The van der Waals surface area contributed by atoms with Crippen LogP contribution in [-0.2, 0) is 10.3 Å². The van der Waals surface area contributed by atoms with E-state index in [1.54, 1.807) is 7.11 Å². The number of hydrogen-bond acceptors (Lipinski definition) is 3. The first-order valence-corrected chi connectivity index (χ1v) is 6.67. The number of methoxy groups -OCH3 is 1. The number of anilines is 2. The Kier molecular flexibility index (Phi) is 3.53. The van der Waals surface area contributed by atoms with E-state index in [2.05, 4.69) is 50.5 Å². The molecule has 3 nitrogen and oxygen atoms in total. The fourth-order valence-corrected chi connectivity index (χ4v) is 2.63. The molecule has 0 fully saturated rings. The molecule has 0 spiro atoms. The molecule has 1 atom stereocenters. The Morgan fingerprint density at radius 2 is 2.11 bits per heavy atom. The Morgan fingerprint density at radius 3 is 2.72 bits per heavy atom. The first-order chi connectivity index (χ1) is 8.46. The zero-order chi connectivity index (χ0) is 13.3. The maximum Gasteiger partial charge on any atom is 0.0936 e. The Hall–Kier alpha value is -1.22. The maximum atomic E-state index is 5.75. The zero-order valence-electron chi connectivity index (χ0n) is 12.1. The van der Waals surface area contributed by atoms with Crippen molar-refractivity contribution in [1.29, 1.82) is 0 Å². The van der Waals surface area contributed by atoms with E-state index in [9.17, 15) is 0 Å². The second-order valence-corrected chi connectivity index (χ2v) is 5.63. The van der Waals surface area contributed by atoms with Crippen molar-refractivity contribution >= 4 is 11.4 Å². The van der Waals surface area contributed by atoms with E-state index in [0.29, 0.717) is 6.04 Å². The average molecular weight is 248 g/mol. The molecule has 0 amide bonds. The third kappa shape index (κ3) is 2.32. The first kappa shape index (κ1) is 13.2. The standard InChI is InChI=1S/C15H24N2O/c1-10(2)17-12-8-11(3)14-13(9-12)15(4,18-5)6-7-16-14/h8-10,16-17H,6-7H2,1-5H3. The number of rotatable bonds is 3. The molecule has 1 heterocycles. The van der Waals surface area contributed by atoms with Gasteiger partial charge in [0.05, 0.1) is 5.60 Å². The minimum absolute atomic E-state index is 0.181. The van der Waals surface area contributed by atoms with Gasteiger partial charge in [0.2, 0.25) is 0 Å². The first-order valence-electron chi connectivity index (χ1n) is 6.67. The summed E-state index contributed by atoms with van der Waals surface area (Å²) in [5.41, 5.74) is 4.77. The van der Waals surface area contributed by atoms with Crippen LogP contribution in [0, 0.1) is 6.92 Å². The minimum atomic E-state index is -0.181. The summed E-state index contributed by atoms with van der Waals surface area (Å²) in [6.45, 7) is 9.60. The van der Waals surface area contributed by atoms with Gasteiger partial charge in [0.1, 0.15) is 0 Å². The second-order valence-electron chi connectivity index (χ2n) is 5.63. The molecule has 0 aromatic heterocycles. The monoisotopic (exact) mass is 248 g/mol.